The van der Waals surface area contributed by atoms with Gasteiger partial charge in [-0.15, -0.1) is 0 Å². The quantitative estimate of drug-likeness (QED) is 0.666. The highest BCUT2D eigenvalue weighted by molar-refractivity contribution is 5.93. The van der Waals surface area contributed by atoms with Crippen LogP contribution in [0, 0.1) is 0 Å². The molecule has 2 N–H and O–H groups in total. The van der Waals surface area contributed by atoms with Crippen LogP contribution in [0.4, 0.5) is 0 Å². The average Bonchev–Trinajstić information content (AvgIpc) is 2.87. The van der Waals surface area contributed by atoms with E-state index in [0.717, 1.165) is 0 Å². The zero-order valence-electron chi connectivity index (χ0n) is 13.9. The second-order valence-electron chi connectivity index (χ2n) is 6.37. The van der Waals surface area contributed by atoms with Crippen molar-refractivity contribution in [2.24, 2.45) is 0 Å². The minimum Gasteiger partial charge on any atom is -0.467 e. The average molecular weight is 328 g/mol. The van der Waals surface area contributed by atoms with E-state index in [2.05, 4.69) is 15.4 Å². The fourth-order valence-electron chi connectivity index (χ4n) is 2.13. The molecule has 1 aliphatic rings. The number of methoxy groups -OCH3 is 1. The third-order valence-corrected chi connectivity index (χ3v) is 3.17. The van der Waals surface area contributed by atoms with Crippen LogP contribution < -0.4 is 10.6 Å². The van der Waals surface area contributed by atoms with Crippen molar-refractivity contribution in [3.05, 3.63) is 0 Å². The first-order chi connectivity index (χ1) is 10.6. The molecule has 8 nitrogen and oxygen atoms in total. The van der Waals surface area contributed by atoms with Gasteiger partial charge in [-0.2, -0.15) is 0 Å². The van der Waals surface area contributed by atoms with Gasteiger partial charge in [0.15, 0.2) is 0 Å². The first-order valence-corrected chi connectivity index (χ1v) is 7.52. The third kappa shape index (κ3) is 6.66. The summed E-state index contributed by atoms with van der Waals surface area (Å²) in [5.74, 6) is -1.77. The molecule has 8 heteroatoms. The van der Waals surface area contributed by atoms with Crippen molar-refractivity contribution >= 4 is 23.8 Å². The van der Waals surface area contributed by atoms with Crippen molar-refractivity contribution in [1.82, 2.24) is 10.6 Å². The molecule has 1 aliphatic heterocycles. The van der Waals surface area contributed by atoms with E-state index in [1.807, 2.05) is 0 Å². The summed E-state index contributed by atoms with van der Waals surface area (Å²) in [5, 5.41) is 5.03. The number of carbonyl (C=O) groups is 4. The molecule has 1 rings (SSSR count). The fraction of sp³-hybridized carbons (Fsp3) is 0.733. The Morgan fingerprint density at radius 2 is 2.00 bits per heavy atom. The van der Waals surface area contributed by atoms with Crippen LogP contribution in [0.3, 0.4) is 0 Å². The highest BCUT2D eigenvalue weighted by Gasteiger charge is 2.31. The van der Waals surface area contributed by atoms with Gasteiger partial charge in [0.2, 0.25) is 11.8 Å². The van der Waals surface area contributed by atoms with Crippen LogP contribution in [-0.2, 0) is 28.7 Å². The minimum atomic E-state index is -0.961. The molecule has 1 fully saturated rings. The summed E-state index contributed by atoms with van der Waals surface area (Å²) in [7, 11) is 1.20. The van der Waals surface area contributed by atoms with Crippen LogP contribution in [0.5, 0.6) is 0 Å². The Morgan fingerprint density at radius 1 is 1.35 bits per heavy atom. The first kappa shape index (κ1) is 18.9. The number of esters is 2. The number of hydrogen-bond acceptors (Lipinski definition) is 6. The molecule has 0 radical (unpaired) electrons. The minimum absolute atomic E-state index is 0.0334. The lowest BCUT2D eigenvalue weighted by Gasteiger charge is -2.21. The van der Waals surface area contributed by atoms with Gasteiger partial charge in [0.25, 0.3) is 0 Å². The lowest BCUT2D eigenvalue weighted by Crippen LogP contribution is -2.49. The summed E-state index contributed by atoms with van der Waals surface area (Å²) < 4.78 is 9.80. The zero-order chi connectivity index (χ0) is 17.6. The molecule has 0 spiro atoms. The van der Waals surface area contributed by atoms with E-state index in [1.165, 1.54) is 7.11 Å². The highest BCUT2D eigenvalue weighted by Crippen LogP contribution is 2.11. The second-order valence-corrected chi connectivity index (χ2v) is 6.37. The molecular weight excluding hydrogens is 304 g/mol. The van der Waals surface area contributed by atoms with Crippen molar-refractivity contribution in [2.75, 3.05) is 7.11 Å². The molecule has 0 aromatic carbocycles. The zero-order valence-corrected chi connectivity index (χ0v) is 13.9. The van der Waals surface area contributed by atoms with Crippen LogP contribution in [0.15, 0.2) is 0 Å². The Bertz CT molecular complexity index is 483. The van der Waals surface area contributed by atoms with E-state index in [9.17, 15) is 19.2 Å². The molecule has 130 valence electrons. The Kier molecular flexibility index (Phi) is 6.53. The van der Waals surface area contributed by atoms with E-state index >= 15 is 0 Å². The topological polar surface area (TPSA) is 111 Å². The normalized spacial score (nSPS) is 18.8. The van der Waals surface area contributed by atoms with E-state index < -0.39 is 35.5 Å². The molecule has 0 aliphatic carbocycles. The van der Waals surface area contributed by atoms with Crippen molar-refractivity contribution in [3.63, 3.8) is 0 Å². The molecule has 0 bridgehead atoms. The van der Waals surface area contributed by atoms with E-state index in [-0.39, 0.29) is 25.2 Å². The predicted molar refractivity (Wildman–Crippen MR) is 80.2 cm³/mol. The maximum Gasteiger partial charge on any atom is 0.328 e. The summed E-state index contributed by atoms with van der Waals surface area (Å²) in [4.78, 5) is 46.6. The van der Waals surface area contributed by atoms with Crippen molar-refractivity contribution in [2.45, 2.75) is 64.1 Å². The molecule has 23 heavy (non-hydrogen) atoms. The molecule has 0 aromatic rings. The molecule has 0 saturated carbocycles. The molecule has 2 atom stereocenters. The maximum atomic E-state index is 12.0. The number of nitrogens with one attached hydrogen (secondary N) is 2. The van der Waals surface area contributed by atoms with Gasteiger partial charge in [-0.05, 0) is 33.6 Å². The SMILES string of the molecule is COC(=O)[C@@H](CCC(=O)OC(C)(C)C)NC(=O)[C@@H]1CCC(=O)N1. The molecule has 0 unspecified atom stereocenters. The Labute approximate surface area is 135 Å². The smallest absolute Gasteiger partial charge is 0.328 e. The highest BCUT2D eigenvalue weighted by atomic mass is 16.6. The Balaban J connectivity index is 2.56. The van der Waals surface area contributed by atoms with Gasteiger partial charge >= 0.3 is 11.9 Å². The summed E-state index contributed by atoms with van der Waals surface area (Å²) in [6.45, 7) is 5.23. The van der Waals surface area contributed by atoms with E-state index in [1.54, 1.807) is 20.8 Å². The number of rotatable bonds is 6. The number of amides is 2. The largest absolute Gasteiger partial charge is 0.467 e. The van der Waals surface area contributed by atoms with Gasteiger partial charge in [0, 0.05) is 12.8 Å². The monoisotopic (exact) mass is 328 g/mol. The van der Waals surface area contributed by atoms with E-state index in [4.69, 9.17) is 4.74 Å². The van der Waals surface area contributed by atoms with Gasteiger partial charge in [0.05, 0.1) is 7.11 Å². The first-order valence-electron chi connectivity index (χ1n) is 7.52. The van der Waals surface area contributed by atoms with Crippen LogP contribution in [0.1, 0.15) is 46.5 Å². The molecule has 0 aromatic heterocycles. The number of ether oxygens (including phenoxy) is 2. The summed E-state index contributed by atoms with van der Waals surface area (Å²) in [6.07, 6.45) is 0.686. The van der Waals surface area contributed by atoms with E-state index in [0.29, 0.717) is 6.42 Å². The lowest BCUT2D eigenvalue weighted by molar-refractivity contribution is -0.155. The van der Waals surface area contributed by atoms with Gasteiger partial charge in [-0.1, -0.05) is 0 Å². The molecule has 1 heterocycles. The van der Waals surface area contributed by atoms with Crippen LogP contribution >= 0.6 is 0 Å². The van der Waals surface area contributed by atoms with Gasteiger partial charge in [0.1, 0.15) is 17.7 Å². The fourth-order valence-corrected chi connectivity index (χ4v) is 2.13. The molecular formula is C15H24N2O6. The maximum absolute atomic E-state index is 12.0. The second kappa shape index (κ2) is 7.94. The van der Waals surface area contributed by atoms with Gasteiger partial charge in [-0.25, -0.2) is 4.79 Å². The predicted octanol–water partition coefficient (Wildman–Crippen LogP) is 0.0447. The Hall–Kier alpha value is -2.12. The summed E-state index contributed by atoms with van der Waals surface area (Å²) >= 11 is 0. The van der Waals surface area contributed by atoms with Crippen molar-refractivity contribution in [1.29, 1.82) is 0 Å². The van der Waals surface area contributed by atoms with Crippen LogP contribution in [0.2, 0.25) is 0 Å². The van der Waals surface area contributed by atoms with Gasteiger partial charge < -0.3 is 20.1 Å². The molecule has 2 amide bonds. The van der Waals surface area contributed by atoms with Crippen LogP contribution in [0.25, 0.3) is 0 Å². The van der Waals surface area contributed by atoms with Gasteiger partial charge in [-0.3, -0.25) is 14.4 Å². The van der Waals surface area contributed by atoms with Crippen molar-refractivity contribution < 1.29 is 28.7 Å². The molecule has 1 saturated heterocycles. The number of carbonyl (C=O) groups excluding carboxylic acids is 4. The Morgan fingerprint density at radius 3 is 2.48 bits per heavy atom. The number of hydrogen-bond donors (Lipinski definition) is 2. The lowest BCUT2D eigenvalue weighted by atomic mass is 10.1. The van der Waals surface area contributed by atoms with Crippen LogP contribution in [-0.4, -0.2) is 48.5 Å². The summed E-state index contributed by atoms with van der Waals surface area (Å²) in [5.41, 5.74) is -0.616. The summed E-state index contributed by atoms with van der Waals surface area (Å²) in [6, 6.07) is -1.62. The third-order valence-electron chi connectivity index (χ3n) is 3.17. The standard InChI is InChI=1S/C15H24N2O6/c1-15(2,3)23-12(19)8-6-10(14(21)22-4)17-13(20)9-5-7-11(18)16-9/h9-10H,5-8H2,1-4H3,(H,16,18)(H,17,20)/t9-,10+/m0/s1. The van der Waals surface area contributed by atoms with Crippen molar-refractivity contribution in [3.8, 4) is 0 Å².